The number of carbonyl (C=O) groups is 1. The lowest BCUT2D eigenvalue weighted by molar-refractivity contribution is 0.100. The quantitative estimate of drug-likeness (QED) is 0.477. The lowest BCUT2D eigenvalue weighted by Crippen LogP contribution is -2.19. The topological polar surface area (TPSA) is 103 Å². The van der Waals surface area contributed by atoms with Crippen molar-refractivity contribution >= 4 is 27.4 Å². The van der Waals surface area contributed by atoms with Crippen molar-refractivity contribution in [3.05, 3.63) is 59.3 Å². The Balaban J connectivity index is 1.79. The Kier molecular flexibility index (Phi) is 5.63. The zero-order chi connectivity index (χ0) is 21.5. The van der Waals surface area contributed by atoms with E-state index >= 15 is 0 Å². The van der Waals surface area contributed by atoms with Crippen LogP contribution in [-0.4, -0.2) is 50.5 Å². The van der Waals surface area contributed by atoms with E-state index in [2.05, 4.69) is 28.1 Å². The van der Waals surface area contributed by atoms with Crippen molar-refractivity contribution in [2.75, 3.05) is 25.6 Å². The number of nitrogens with two attached hydrogens (primary N) is 1. The molecule has 5 N–H and O–H groups in total. The molecule has 3 aromatic rings. The van der Waals surface area contributed by atoms with Crippen LogP contribution in [0.3, 0.4) is 0 Å². The van der Waals surface area contributed by atoms with Gasteiger partial charge in [-0.2, -0.15) is 10.6 Å². The van der Waals surface area contributed by atoms with E-state index in [-0.39, 0.29) is 5.92 Å². The Bertz CT molecular complexity index is 1080. The van der Waals surface area contributed by atoms with Gasteiger partial charge >= 0.3 is 0 Å². The number of aromatic nitrogens is 1. The summed E-state index contributed by atoms with van der Waals surface area (Å²) in [7, 11) is 1.64. The van der Waals surface area contributed by atoms with E-state index in [0.29, 0.717) is 17.1 Å². The second-order valence-electron chi connectivity index (χ2n) is 8.48. The maximum Gasteiger partial charge on any atom is 0.250 e. The van der Waals surface area contributed by atoms with E-state index < -0.39 is 16.5 Å². The molecule has 0 bridgehead atoms. The van der Waals surface area contributed by atoms with Crippen LogP contribution < -0.4 is 5.73 Å². The largest absolute Gasteiger partial charge is 0.366 e. The van der Waals surface area contributed by atoms with Gasteiger partial charge in [0.25, 0.3) is 5.91 Å². The third kappa shape index (κ3) is 4.25. The molecule has 6 nitrogen and oxygen atoms in total. The van der Waals surface area contributed by atoms with E-state index in [4.69, 9.17) is 5.73 Å². The van der Waals surface area contributed by atoms with E-state index in [1.54, 1.807) is 0 Å². The number of H-pyrrole nitrogens is 1. The SMILES string of the molecule is CN(C)Cc1cccc(-c2cc(C(N)=O)c3[nH]cc(C4CCS(O)(O)CC4)c3c2)c1. The second-order valence-corrected chi connectivity index (χ2v) is 10.9. The summed E-state index contributed by atoms with van der Waals surface area (Å²) in [6.07, 6.45) is 3.40. The van der Waals surface area contributed by atoms with Gasteiger partial charge in [0.15, 0.2) is 0 Å². The molecule has 0 aliphatic carbocycles. The minimum absolute atomic E-state index is 0.231. The molecule has 1 aliphatic heterocycles. The van der Waals surface area contributed by atoms with E-state index in [0.717, 1.165) is 47.0 Å². The number of benzene rings is 2. The molecule has 30 heavy (non-hydrogen) atoms. The van der Waals surface area contributed by atoms with Gasteiger partial charge in [0, 0.05) is 29.6 Å². The second kappa shape index (κ2) is 8.07. The fourth-order valence-corrected chi connectivity index (χ4v) is 5.91. The van der Waals surface area contributed by atoms with Gasteiger partial charge in [-0.15, -0.1) is 0 Å². The summed E-state index contributed by atoms with van der Waals surface area (Å²) in [4.78, 5) is 17.6. The molecule has 0 saturated carbocycles. The van der Waals surface area contributed by atoms with Crippen LogP contribution in [0.25, 0.3) is 22.0 Å². The fraction of sp³-hybridized carbons (Fsp3) is 0.348. The molecule has 0 radical (unpaired) electrons. The van der Waals surface area contributed by atoms with E-state index in [9.17, 15) is 13.9 Å². The molecule has 0 atom stereocenters. The summed E-state index contributed by atoms with van der Waals surface area (Å²) < 4.78 is 19.9. The molecule has 1 saturated heterocycles. The van der Waals surface area contributed by atoms with Crippen LogP contribution in [-0.2, 0) is 6.54 Å². The van der Waals surface area contributed by atoms with Gasteiger partial charge in [-0.05, 0) is 73.3 Å². The standard InChI is InChI=1S/C23H29N3O3S/c1-26(2)14-15-4-3-5-17(10-15)18-11-19-21(16-6-8-30(28,29)9-7-16)13-25-22(19)20(12-18)23(24)27/h3-5,10-13,16,25,28-29H,6-9,14H2,1-2H3,(H2,24,27). The number of aromatic amines is 1. The summed E-state index contributed by atoms with van der Waals surface area (Å²) in [5, 5.41) is 0.989. The molecule has 2 aromatic carbocycles. The normalized spacial score (nSPS) is 18.0. The van der Waals surface area contributed by atoms with E-state index in [1.165, 1.54) is 5.56 Å². The number of hydrogen-bond donors (Lipinski definition) is 4. The first kappa shape index (κ1) is 20.9. The number of primary amides is 1. The van der Waals surface area contributed by atoms with Crippen LogP contribution in [0.2, 0.25) is 0 Å². The maximum absolute atomic E-state index is 12.2. The number of hydrogen-bond acceptors (Lipinski definition) is 4. The van der Waals surface area contributed by atoms with Crippen molar-refractivity contribution in [1.82, 2.24) is 9.88 Å². The lowest BCUT2D eigenvalue weighted by atomic mass is 9.90. The van der Waals surface area contributed by atoms with Gasteiger partial charge in [0.2, 0.25) is 0 Å². The molecule has 1 aromatic heterocycles. The Morgan fingerprint density at radius 2 is 1.90 bits per heavy atom. The van der Waals surface area contributed by atoms with Crippen LogP contribution >= 0.6 is 10.6 Å². The molecule has 4 rings (SSSR count). The Labute approximate surface area is 178 Å². The van der Waals surface area contributed by atoms with Gasteiger partial charge in [0.05, 0.1) is 11.1 Å². The molecule has 0 unspecified atom stereocenters. The van der Waals surface area contributed by atoms with Gasteiger partial charge in [-0.1, -0.05) is 18.2 Å². The number of nitrogens with one attached hydrogen (secondary N) is 1. The van der Waals surface area contributed by atoms with Gasteiger partial charge in [-0.25, -0.2) is 0 Å². The highest BCUT2D eigenvalue weighted by Crippen LogP contribution is 2.49. The van der Waals surface area contributed by atoms with Crippen molar-refractivity contribution in [1.29, 1.82) is 0 Å². The van der Waals surface area contributed by atoms with Crippen LogP contribution in [0.15, 0.2) is 42.6 Å². The Hall–Kier alpha value is -2.32. The van der Waals surface area contributed by atoms with Crippen LogP contribution in [0.1, 0.15) is 40.2 Å². The highest BCUT2D eigenvalue weighted by atomic mass is 32.3. The predicted molar refractivity (Wildman–Crippen MR) is 124 cm³/mol. The third-order valence-electron chi connectivity index (χ3n) is 5.87. The molecule has 0 spiro atoms. The molecule has 2 heterocycles. The summed E-state index contributed by atoms with van der Waals surface area (Å²) in [6, 6.07) is 12.3. The average Bonchev–Trinajstić information content (AvgIpc) is 3.11. The van der Waals surface area contributed by atoms with E-state index in [1.807, 2.05) is 38.5 Å². The Morgan fingerprint density at radius 3 is 2.57 bits per heavy atom. The smallest absolute Gasteiger partial charge is 0.250 e. The average molecular weight is 428 g/mol. The van der Waals surface area contributed by atoms with Crippen molar-refractivity contribution in [2.45, 2.75) is 25.3 Å². The fourth-order valence-electron chi connectivity index (χ4n) is 4.39. The molecule has 1 fully saturated rings. The first-order chi connectivity index (χ1) is 14.2. The van der Waals surface area contributed by atoms with Gasteiger partial charge in [-0.3, -0.25) is 13.9 Å². The van der Waals surface area contributed by atoms with Crippen LogP contribution in [0, 0.1) is 0 Å². The summed E-state index contributed by atoms with van der Waals surface area (Å²) >= 11 is 0. The molecular weight excluding hydrogens is 398 g/mol. The predicted octanol–water partition coefficient (Wildman–Crippen LogP) is 4.62. The van der Waals surface area contributed by atoms with Crippen LogP contribution in [0.5, 0.6) is 0 Å². The molecule has 1 aliphatic rings. The number of rotatable bonds is 5. The zero-order valence-electron chi connectivity index (χ0n) is 17.4. The van der Waals surface area contributed by atoms with Crippen molar-refractivity contribution < 1.29 is 13.9 Å². The highest BCUT2D eigenvalue weighted by Gasteiger charge is 2.27. The minimum Gasteiger partial charge on any atom is -0.366 e. The third-order valence-corrected chi connectivity index (χ3v) is 7.65. The number of nitrogens with zero attached hydrogens (tertiary/aromatic N) is 1. The number of fused-ring (bicyclic) bond motifs is 1. The lowest BCUT2D eigenvalue weighted by Gasteiger charge is -2.39. The number of amides is 1. The summed E-state index contributed by atoms with van der Waals surface area (Å²) in [6.45, 7) is 0.836. The highest BCUT2D eigenvalue weighted by molar-refractivity contribution is 8.24. The van der Waals surface area contributed by atoms with Crippen LogP contribution in [0.4, 0.5) is 0 Å². The first-order valence-electron chi connectivity index (χ1n) is 10.2. The Morgan fingerprint density at radius 1 is 1.17 bits per heavy atom. The monoisotopic (exact) mass is 427 g/mol. The molecule has 7 heteroatoms. The van der Waals surface area contributed by atoms with Gasteiger partial charge < -0.3 is 15.6 Å². The first-order valence-corrected chi connectivity index (χ1v) is 12.0. The number of carbonyl (C=O) groups excluding carboxylic acids is 1. The van der Waals surface area contributed by atoms with Crippen molar-refractivity contribution in [2.24, 2.45) is 5.73 Å². The summed E-state index contributed by atoms with van der Waals surface area (Å²) in [5.74, 6) is 0.630. The minimum atomic E-state index is -2.44. The van der Waals surface area contributed by atoms with Crippen molar-refractivity contribution in [3.8, 4) is 11.1 Å². The maximum atomic E-state index is 12.2. The molecule has 1 amide bonds. The summed E-state index contributed by atoms with van der Waals surface area (Å²) in [5.41, 5.74) is 11.3. The molecular formula is C23H29N3O3S. The van der Waals surface area contributed by atoms with Crippen molar-refractivity contribution in [3.63, 3.8) is 0 Å². The molecule has 160 valence electrons. The van der Waals surface area contributed by atoms with Gasteiger partial charge in [0.1, 0.15) is 0 Å². The zero-order valence-corrected chi connectivity index (χ0v) is 18.2.